The number of pyridine rings is 1. The Balaban J connectivity index is 1.71. The second-order valence-electron chi connectivity index (χ2n) is 5.76. The third kappa shape index (κ3) is 2.42. The van der Waals surface area contributed by atoms with Crippen LogP contribution in [-0.2, 0) is 11.6 Å². The number of rotatable bonds is 4. The molecule has 110 valence electrons. The van der Waals surface area contributed by atoms with Gasteiger partial charge in [-0.3, -0.25) is 4.98 Å². The molecule has 2 aliphatic rings. The van der Waals surface area contributed by atoms with Crippen molar-refractivity contribution < 1.29 is 13.2 Å². The van der Waals surface area contributed by atoms with Crippen molar-refractivity contribution in [2.24, 2.45) is 5.92 Å². The van der Waals surface area contributed by atoms with E-state index in [1.54, 1.807) is 6.07 Å². The average molecular weight is 305 g/mol. The molecule has 1 aromatic rings. The van der Waals surface area contributed by atoms with Gasteiger partial charge < -0.3 is 4.90 Å². The van der Waals surface area contributed by atoms with E-state index < -0.39 is 11.9 Å². The van der Waals surface area contributed by atoms with Crippen molar-refractivity contribution in [1.82, 2.24) is 9.88 Å². The summed E-state index contributed by atoms with van der Waals surface area (Å²) in [6.45, 7) is 2.91. The van der Waals surface area contributed by atoms with Crippen LogP contribution in [0.2, 0.25) is 0 Å². The zero-order valence-electron chi connectivity index (χ0n) is 11.0. The molecule has 1 saturated heterocycles. The van der Waals surface area contributed by atoms with E-state index in [2.05, 4.69) is 9.88 Å². The molecule has 1 aliphatic heterocycles. The maximum atomic E-state index is 12.5. The predicted octanol–water partition coefficient (Wildman–Crippen LogP) is 3.30. The van der Waals surface area contributed by atoms with Crippen LogP contribution < -0.4 is 0 Å². The van der Waals surface area contributed by atoms with Crippen molar-refractivity contribution in [3.05, 3.63) is 29.6 Å². The third-order valence-corrected chi connectivity index (χ3v) is 4.72. The lowest BCUT2D eigenvalue weighted by Gasteiger charge is -2.20. The zero-order valence-corrected chi connectivity index (χ0v) is 11.7. The molecule has 0 aromatic carbocycles. The van der Waals surface area contributed by atoms with Gasteiger partial charge in [-0.2, -0.15) is 13.2 Å². The molecular formula is C14H16ClF3N2. The smallest absolute Gasteiger partial charge is 0.302 e. The normalized spacial score (nSPS) is 29.5. The highest BCUT2D eigenvalue weighted by Gasteiger charge is 2.60. The van der Waals surface area contributed by atoms with Gasteiger partial charge in [0.25, 0.3) is 0 Å². The first-order valence-corrected chi connectivity index (χ1v) is 7.31. The first-order chi connectivity index (χ1) is 9.45. The molecule has 3 rings (SSSR count). The number of likely N-dealkylation sites (tertiary alicyclic amines) is 1. The van der Waals surface area contributed by atoms with Crippen LogP contribution in [0, 0.1) is 5.92 Å². The van der Waals surface area contributed by atoms with E-state index in [1.807, 2.05) is 0 Å². The van der Waals surface area contributed by atoms with Crippen LogP contribution in [0.3, 0.4) is 0 Å². The Bertz CT molecular complexity index is 488. The first kappa shape index (κ1) is 14.1. The van der Waals surface area contributed by atoms with Gasteiger partial charge in [0.05, 0.1) is 0 Å². The van der Waals surface area contributed by atoms with Gasteiger partial charge in [-0.15, -0.1) is 11.6 Å². The quantitative estimate of drug-likeness (QED) is 0.794. The highest BCUT2D eigenvalue weighted by atomic mass is 35.5. The van der Waals surface area contributed by atoms with Crippen LogP contribution in [0.25, 0.3) is 0 Å². The molecule has 6 heteroatoms. The van der Waals surface area contributed by atoms with Crippen LogP contribution >= 0.6 is 11.6 Å². The van der Waals surface area contributed by atoms with E-state index in [0.29, 0.717) is 11.8 Å². The second kappa shape index (κ2) is 4.88. The van der Waals surface area contributed by atoms with Gasteiger partial charge in [0.15, 0.2) is 0 Å². The summed E-state index contributed by atoms with van der Waals surface area (Å²) in [6.07, 6.45) is -0.928. The Kier molecular flexibility index (Phi) is 3.45. The van der Waals surface area contributed by atoms with Crippen LogP contribution in [0.1, 0.15) is 24.1 Å². The fraction of sp³-hybridized carbons (Fsp3) is 0.643. The molecule has 0 bridgehead atoms. The molecule has 2 nitrogen and oxygen atoms in total. The largest absolute Gasteiger partial charge is 0.433 e. The summed E-state index contributed by atoms with van der Waals surface area (Å²) in [6, 6.07) is 2.70. The summed E-state index contributed by atoms with van der Waals surface area (Å²) in [4.78, 5) is 5.94. The molecule has 2 heterocycles. The number of hydrogen-bond donors (Lipinski definition) is 0. The molecule has 1 saturated carbocycles. The molecule has 0 spiro atoms. The monoisotopic (exact) mass is 304 g/mol. The summed E-state index contributed by atoms with van der Waals surface area (Å²) in [7, 11) is 0. The van der Waals surface area contributed by atoms with E-state index >= 15 is 0 Å². The molecular weight excluding hydrogens is 289 g/mol. The number of hydrogen-bond acceptors (Lipinski definition) is 2. The van der Waals surface area contributed by atoms with Crippen LogP contribution in [0.5, 0.6) is 0 Å². The van der Waals surface area contributed by atoms with Gasteiger partial charge in [0.2, 0.25) is 0 Å². The Morgan fingerprint density at radius 1 is 1.40 bits per heavy atom. The lowest BCUT2D eigenvalue weighted by atomic mass is 9.96. The van der Waals surface area contributed by atoms with Gasteiger partial charge in [0.1, 0.15) is 5.69 Å². The molecule has 0 radical (unpaired) electrons. The highest BCUT2D eigenvalue weighted by molar-refractivity contribution is 6.17. The Morgan fingerprint density at radius 2 is 2.20 bits per heavy atom. The Morgan fingerprint density at radius 3 is 2.80 bits per heavy atom. The second-order valence-corrected chi connectivity index (χ2v) is 6.14. The molecule has 1 aromatic heterocycles. The topological polar surface area (TPSA) is 16.1 Å². The number of alkyl halides is 4. The molecule has 20 heavy (non-hydrogen) atoms. The van der Waals surface area contributed by atoms with Crippen molar-refractivity contribution in [3.63, 3.8) is 0 Å². The summed E-state index contributed by atoms with van der Waals surface area (Å²) in [5.74, 6) is 1.21. The lowest BCUT2D eigenvalue weighted by Crippen LogP contribution is -2.28. The lowest BCUT2D eigenvalue weighted by molar-refractivity contribution is -0.141. The van der Waals surface area contributed by atoms with Crippen LogP contribution in [0.15, 0.2) is 18.3 Å². The maximum Gasteiger partial charge on any atom is 0.433 e. The van der Waals surface area contributed by atoms with Gasteiger partial charge in [0, 0.05) is 30.6 Å². The Labute approximate surface area is 120 Å². The fourth-order valence-electron chi connectivity index (χ4n) is 3.34. The third-order valence-electron chi connectivity index (χ3n) is 4.45. The van der Waals surface area contributed by atoms with Gasteiger partial charge in [-0.1, -0.05) is 6.07 Å². The number of piperidine rings is 1. The van der Waals surface area contributed by atoms with Crippen molar-refractivity contribution >= 4 is 11.6 Å². The molecule has 0 amide bonds. The van der Waals surface area contributed by atoms with Crippen LogP contribution in [0.4, 0.5) is 13.2 Å². The van der Waals surface area contributed by atoms with Crippen LogP contribution in [-0.4, -0.2) is 35.4 Å². The van der Waals surface area contributed by atoms with Crippen molar-refractivity contribution in [3.8, 4) is 0 Å². The van der Waals surface area contributed by atoms with Gasteiger partial charge in [-0.05, 0) is 36.9 Å². The molecule has 2 fully saturated rings. The SMILES string of the molecule is FC(F)(F)c1ccc(C23CC2CN(CCCCl)C3)cn1. The summed E-state index contributed by atoms with van der Waals surface area (Å²) in [5, 5.41) is 0. The van der Waals surface area contributed by atoms with E-state index in [9.17, 15) is 13.2 Å². The van der Waals surface area contributed by atoms with E-state index in [-0.39, 0.29) is 5.41 Å². The number of aromatic nitrogens is 1. The average Bonchev–Trinajstić information content (AvgIpc) is 2.99. The minimum Gasteiger partial charge on any atom is -0.302 e. The van der Waals surface area contributed by atoms with E-state index in [4.69, 9.17) is 11.6 Å². The summed E-state index contributed by atoms with van der Waals surface area (Å²) in [5.41, 5.74) is 0.180. The zero-order chi connectivity index (χ0) is 14.4. The fourth-order valence-corrected chi connectivity index (χ4v) is 3.46. The number of halogens is 4. The van der Waals surface area contributed by atoms with Crippen molar-refractivity contribution in [2.75, 3.05) is 25.5 Å². The van der Waals surface area contributed by atoms with Gasteiger partial charge in [-0.25, -0.2) is 0 Å². The predicted molar refractivity (Wildman–Crippen MR) is 70.8 cm³/mol. The van der Waals surface area contributed by atoms with Gasteiger partial charge >= 0.3 is 6.18 Å². The minimum absolute atomic E-state index is 0.0451. The first-order valence-electron chi connectivity index (χ1n) is 6.78. The Hall–Kier alpha value is -0.810. The number of fused-ring (bicyclic) bond motifs is 1. The standard InChI is InChI=1S/C14H16ClF3N2/c15-4-1-5-20-8-11-6-13(11,9-20)10-2-3-12(19-7-10)14(16,17)18/h2-3,7,11H,1,4-6,8-9H2. The summed E-state index contributed by atoms with van der Waals surface area (Å²) >= 11 is 5.70. The minimum atomic E-state index is -4.36. The van der Waals surface area contributed by atoms with E-state index in [1.165, 1.54) is 6.20 Å². The molecule has 2 atom stereocenters. The molecule has 2 unspecified atom stereocenters. The summed E-state index contributed by atoms with van der Waals surface area (Å²) < 4.78 is 37.6. The van der Waals surface area contributed by atoms with Crippen molar-refractivity contribution in [1.29, 1.82) is 0 Å². The highest BCUT2D eigenvalue weighted by Crippen LogP contribution is 2.58. The molecule has 0 N–H and O–H groups in total. The van der Waals surface area contributed by atoms with E-state index in [0.717, 1.165) is 44.1 Å². The van der Waals surface area contributed by atoms with Crippen molar-refractivity contribution in [2.45, 2.75) is 24.4 Å². The number of nitrogens with zero attached hydrogens (tertiary/aromatic N) is 2. The maximum absolute atomic E-state index is 12.5. The molecule has 1 aliphatic carbocycles.